The molecule has 1 heterocycles. The van der Waals surface area contributed by atoms with Crippen LogP contribution in [0.4, 0.5) is 5.69 Å². The molecule has 0 unspecified atom stereocenters. The maximum Gasteiger partial charge on any atom is 0.150 e. The van der Waals surface area contributed by atoms with Crippen LogP contribution in [0.15, 0.2) is 12.1 Å². The van der Waals surface area contributed by atoms with Crippen molar-refractivity contribution in [1.29, 1.82) is 0 Å². The van der Waals surface area contributed by atoms with Gasteiger partial charge < -0.3 is 4.90 Å². The molecule has 0 amide bonds. The number of hydrogen-bond donors (Lipinski definition) is 0. The molecule has 1 aromatic rings. The third-order valence-electron chi connectivity index (χ3n) is 5.37. The number of carbonyl (C=O) groups is 1. The second kappa shape index (κ2) is 6.82. The van der Waals surface area contributed by atoms with Crippen molar-refractivity contribution in [2.45, 2.75) is 52.0 Å². The average Bonchev–Trinajstić information content (AvgIpc) is 2.55. The number of nitrogens with zero attached hydrogens (tertiary/aromatic N) is 2. The van der Waals surface area contributed by atoms with Crippen LogP contribution in [0.5, 0.6) is 0 Å². The lowest BCUT2D eigenvalue weighted by Crippen LogP contribution is -2.51. The van der Waals surface area contributed by atoms with Crippen molar-refractivity contribution in [3.63, 3.8) is 0 Å². The molecule has 1 saturated heterocycles. The molecule has 0 atom stereocenters. The van der Waals surface area contributed by atoms with Crippen LogP contribution >= 0.6 is 0 Å². The first-order chi connectivity index (χ1) is 10.7. The molecule has 120 valence electrons. The third kappa shape index (κ3) is 3.19. The van der Waals surface area contributed by atoms with Gasteiger partial charge in [0.15, 0.2) is 0 Å². The van der Waals surface area contributed by atoms with Crippen molar-refractivity contribution in [2.24, 2.45) is 0 Å². The molecule has 22 heavy (non-hydrogen) atoms. The summed E-state index contributed by atoms with van der Waals surface area (Å²) in [5.74, 6) is 0. The summed E-state index contributed by atoms with van der Waals surface area (Å²) < 4.78 is 0. The predicted octanol–water partition coefficient (Wildman–Crippen LogP) is 3.57. The van der Waals surface area contributed by atoms with Crippen LogP contribution in [0, 0.1) is 13.8 Å². The molecule has 0 bridgehead atoms. The molecule has 1 aromatic carbocycles. The van der Waals surface area contributed by atoms with Crippen molar-refractivity contribution < 1.29 is 4.79 Å². The Labute approximate surface area is 134 Å². The van der Waals surface area contributed by atoms with Crippen molar-refractivity contribution in [2.75, 3.05) is 31.1 Å². The van der Waals surface area contributed by atoms with Gasteiger partial charge in [-0.25, -0.2) is 0 Å². The van der Waals surface area contributed by atoms with E-state index in [4.69, 9.17) is 0 Å². The number of benzene rings is 1. The summed E-state index contributed by atoms with van der Waals surface area (Å²) in [6.07, 6.45) is 7.99. The molecular weight excluding hydrogens is 272 g/mol. The number of aldehydes is 1. The minimum absolute atomic E-state index is 0.791. The lowest BCUT2D eigenvalue weighted by molar-refractivity contribution is 0.112. The predicted molar refractivity (Wildman–Crippen MR) is 92.0 cm³/mol. The fourth-order valence-electron chi connectivity index (χ4n) is 4.31. The molecule has 0 spiro atoms. The Morgan fingerprint density at radius 3 is 2.09 bits per heavy atom. The largest absolute Gasteiger partial charge is 0.369 e. The molecule has 2 fully saturated rings. The second-order valence-electron chi connectivity index (χ2n) is 6.94. The van der Waals surface area contributed by atoms with Crippen LogP contribution in [0.25, 0.3) is 0 Å². The summed E-state index contributed by atoms with van der Waals surface area (Å²) >= 11 is 0. The molecule has 3 nitrogen and oxygen atoms in total. The average molecular weight is 300 g/mol. The Bertz CT molecular complexity index is 503. The maximum absolute atomic E-state index is 11.0. The summed E-state index contributed by atoms with van der Waals surface area (Å²) in [5, 5.41) is 0. The van der Waals surface area contributed by atoms with Crippen molar-refractivity contribution >= 4 is 12.0 Å². The number of hydrogen-bond acceptors (Lipinski definition) is 3. The highest BCUT2D eigenvalue weighted by molar-refractivity contribution is 5.78. The van der Waals surface area contributed by atoms with Crippen LogP contribution in [-0.2, 0) is 0 Å². The Hall–Kier alpha value is -1.35. The lowest BCUT2D eigenvalue weighted by Gasteiger charge is -2.42. The van der Waals surface area contributed by atoms with Crippen LogP contribution in [0.1, 0.15) is 53.6 Å². The molecule has 2 aliphatic rings. The molecular formula is C19H28N2O. The summed E-state index contributed by atoms with van der Waals surface area (Å²) in [7, 11) is 0. The standard InChI is InChI=1S/C19H28N2O/c1-15-12-17(14-22)13-16(2)19(15)21-10-8-20(9-11-21)18-6-4-3-5-7-18/h12-14,18H,3-11H2,1-2H3. The van der Waals surface area contributed by atoms with Gasteiger partial charge in [-0.15, -0.1) is 0 Å². The molecule has 0 N–H and O–H groups in total. The van der Waals surface area contributed by atoms with Gasteiger partial charge in [0.2, 0.25) is 0 Å². The van der Waals surface area contributed by atoms with Gasteiger partial charge in [-0.1, -0.05) is 19.3 Å². The molecule has 0 radical (unpaired) electrons. The van der Waals surface area contributed by atoms with E-state index in [1.165, 1.54) is 62.0 Å². The Morgan fingerprint density at radius 2 is 1.55 bits per heavy atom. The number of carbonyl (C=O) groups excluding carboxylic acids is 1. The molecule has 3 rings (SSSR count). The van der Waals surface area contributed by atoms with E-state index in [9.17, 15) is 4.79 Å². The fraction of sp³-hybridized carbons (Fsp3) is 0.632. The molecule has 0 aromatic heterocycles. The van der Waals surface area contributed by atoms with Crippen LogP contribution in [0.3, 0.4) is 0 Å². The Kier molecular flexibility index (Phi) is 4.82. The highest BCUT2D eigenvalue weighted by Crippen LogP contribution is 2.29. The van der Waals surface area contributed by atoms with E-state index < -0.39 is 0 Å². The number of aryl methyl sites for hydroxylation is 2. The highest BCUT2D eigenvalue weighted by Gasteiger charge is 2.26. The van der Waals surface area contributed by atoms with Gasteiger partial charge in [-0.2, -0.15) is 0 Å². The van der Waals surface area contributed by atoms with E-state index in [0.29, 0.717) is 0 Å². The first-order valence-corrected chi connectivity index (χ1v) is 8.74. The van der Waals surface area contributed by atoms with Gasteiger partial charge in [0.1, 0.15) is 6.29 Å². The van der Waals surface area contributed by atoms with Crippen LogP contribution in [-0.4, -0.2) is 43.4 Å². The topological polar surface area (TPSA) is 23.6 Å². The van der Waals surface area contributed by atoms with E-state index >= 15 is 0 Å². The monoisotopic (exact) mass is 300 g/mol. The van der Waals surface area contributed by atoms with Crippen molar-refractivity contribution in [3.8, 4) is 0 Å². The van der Waals surface area contributed by atoms with Gasteiger partial charge in [0.05, 0.1) is 0 Å². The summed E-state index contributed by atoms with van der Waals surface area (Å²) in [5.41, 5.74) is 4.59. The van der Waals surface area contributed by atoms with Gasteiger partial charge in [-0.3, -0.25) is 9.69 Å². The zero-order chi connectivity index (χ0) is 15.5. The van der Waals surface area contributed by atoms with E-state index in [2.05, 4.69) is 23.6 Å². The van der Waals surface area contributed by atoms with Gasteiger partial charge in [0, 0.05) is 43.5 Å². The number of anilines is 1. The zero-order valence-corrected chi connectivity index (χ0v) is 14.0. The van der Waals surface area contributed by atoms with Gasteiger partial charge in [0.25, 0.3) is 0 Å². The first kappa shape index (κ1) is 15.5. The SMILES string of the molecule is Cc1cc(C=O)cc(C)c1N1CCN(C2CCCCC2)CC1. The van der Waals surface area contributed by atoms with Crippen LogP contribution < -0.4 is 4.90 Å². The molecule has 3 heteroatoms. The smallest absolute Gasteiger partial charge is 0.150 e. The third-order valence-corrected chi connectivity index (χ3v) is 5.37. The van der Waals surface area contributed by atoms with E-state index in [1.807, 2.05) is 12.1 Å². The van der Waals surface area contributed by atoms with E-state index in [-0.39, 0.29) is 0 Å². The van der Waals surface area contributed by atoms with Crippen LogP contribution in [0.2, 0.25) is 0 Å². The number of rotatable bonds is 3. The molecule has 1 saturated carbocycles. The minimum Gasteiger partial charge on any atom is -0.369 e. The zero-order valence-electron chi connectivity index (χ0n) is 14.0. The molecule has 1 aliphatic carbocycles. The quantitative estimate of drug-likeness (QED) is 0.797. The minimum atomic E-state index is 0.791. The van der Waals surface area contributed by atoms with E-state index in [0.717, 1.165) is 31.0 Å². The lowest BCUT2D eigenvalue weighted by atomic mass is 9.93. The summed E-state index contributed by atoms with van der Waals surface area (Å²) in [6.45, 7) is 8.83. The van der Waals surface area contributed by atoms with Crippen molar-refractivity contribution in [3.05, 3.63) is 28.8 Å². The highest BCUT2D eigenvalue weighted by atomic mass is 16.1. The summed E-state index contributed by atoms with van der Waals surface area (Å²) in [4.78, 5) is 16.2. The fourth-order valence-corrected chi connectivity index (χ4v) is 4.31. The van der Waals surface area contributed by atoms with E-state index in [1.54, 1.807) is 0 Å². The summed E-state index contributed by atoms with van der Waals surface area (Å²) in [6, 6.07) is 4.86. The number of piperazine rings is 1. The first-order valence-electron chi connectivity index (χ1n) is 8.74. The Balaban J connectivity index is 1.67. The van der Waals surface area contributed by atoms with Gasteiger partial charge >= 0.3 is 0 Å². The molecule has 1 aliphatic heterocycles. The van der Waals surface area contributed by atoms with Crippen molar-refractivity contribution in [1.82, 2.24) is 4.90 Å². The Morgan fingerprint density at radius 1 is 0.955 bits per heavy atom. The maximum atomic E-state index is 11.0. The normalized spacial score (nSPS) is 21.1. The van der Waals surface area contributed by atoms with Gasteiger partial charge in [-0.05, 0) is 49.9 Å². The second-order valence-corrected chi connectivity index (χ2v) is 6.94.